The summed E-state index contributed by atoms with van der Waals surface area (Å²) in [6, 6.07) is 16.6. The van der Waals surface area contributed by atoms with Crippen molar-refractivity contribution >= 4 is 50.8 Å². The Balaban J connectivity index is 1.37. The van der Waals surface area contributed by atoms with E-state index in [0.717, 1.165) is 43.6 Å². The Hall–Kier alpha value is -2.47. The van der Waals surface area contributed by atoms with Crippen LogP contribution in [0, 0.1) is 0 Å². The van der Waals surface area contributed by atoms with Gasteiger partial charge >= 0.3 is 0 Å². The van der Waals surface area contributed by atoms with E-state index in [0.29, 0.717) is 28.3 Å². The minimum Gasteiger partial charge on any atom is -0.374 e. The number of thioether (sulfide) groups is 2. The number of carbonyl (C=O) groups is 1. The highest BCUT2D eigenvalue weighted by atomic mass is 32.2. The van der Waals surface area contributed by atoms with Crippen LogP contribution in [-0.2, 0) is 26.7 Å². The summed E-state index contributed by atoms with van der Waals surface area (Å²) in [6.07, 6.45) is 7.70. The van der Waals surface area contributed by atoms with Crippen molar-refractivity contribution in [3.8, 4) is 0 Å². The highest BCUT2D eigenvalue weighted by Crippen LogP contribution is 2.46. The van der Waals surface area contributed by atoms with Gasteiger partial charge in [0.05, 0.1) is 27.7 Å². The van der Waals surface area contributed by atoms with Crippen molar-refractivity contribution in [2.45, 2.75) is 59.8 Å². The largest absolute Gasteiger partial charge is 0.374 e. The van der Waals surface area contributed by atoms with Gasteiger partial charge in [-0.1, -0.05) is 30.3 Å². The van der Waals surface area contributed by atoms with Crippen LogP contribution in [-0.4, -0.2) is 52.6 Å². The maximum atomic E-state index is 12.4. The van der Waals surface area contributed by atoms with E-state index in [2.05, 4.69) is 17.4 Å². The first-order chi connectivity index (χ1) is 18.7. The Morgan fingerprint density at radius 2 is 1.77 bits per heavy atom. The molecule has 0 unspecified atom stereocenters. The van der Waals surface area contributed by atoms with Crippen molar-refractivity contribution in [2.75, 3.05) is 23.1 Å². The zero-order chi connectivity index (χ0) is 27.5. The second kappa shape index (κ2) is 12.0. The number of hydrogen-bond donors (Lipinski definition) is 2. The summed E-state index contributed by atoms with van der Waals surface area (Å²) < 4.78 is 32.4. The van der Waals surface area contributed by atoms with Crippen molar-refractivity contribution in [1.29, 1.82) is 0 Å². The Labute approximate surface area is 238 Å². The number of primary amides is 1. The van der Waals surface area contributed by atoms with Gasteiger partial charge < -0.3 is 15.8 Å². The van der Waals surface area contributed by atoms with Crippen molar-refractivity contribution < 1.29 is 17.9 Å². The molecule has 1 saturated carbocycles. The molecule has 1 amide bonds. The molecule has 5 rings (SSSR count). The van der Waals surface area contributed by atoms with Gasteiger partial charge in [-0.25, -0.2) is 8.42 Å². The van der Waals surface area contributed by atoms with Crippen LogP contribution in [0.25, 0.3) is 0 Å². The quantitative estimate of drug-likeness (QED) is 0.334. The lowest BCUT2D eigenvalue weighted by Gasteiger charge is -2.41. The lowest BCUT2D eigenvalue weighted by molar-refractivity contribution is -0.0135. The van der Waals surface area contributed by atoms with Gasteiger partial charge in [-0.2, -0.15) is 5.10 Å². The predicted octanol–water partition coefficient (Wildman–Crippen LogP) is 5.18. The number of amides is 1. The minimum absolute atomic E-state index is 0.180. The summed E-state index contributed by atoms with van der Waals surface area (Å²) in [5, 5.41) is 8.07. The average Bonchev–Trinajstić information content (AvgIpc) is 3.59. The second-order valence-corrected chi connectivity index (χ2v) is 15.2. The molecule has 3 aromatic rings. The molecule has 1 aliphatic heterocycles. The number of aromatic nitrogens is 2. The van der Waals surface area contributed by atoms with Gasteiger partial charge in [-0.05, 0) is 61.9 Å². The average molecular weight is 587 g/mol. The molecule has 0 bridgehead atoms. The molecule has 2 heterocycles. The molecule has 8 nitrogen and oxygen atoms in total. The molecule has 2 aromatic carbocycles. The third-order valence-electron chi connectivity index (χ3n) is 7.44. The molecule has 11 heteroatoms. The Morgan fingerprint density at radius 1 is 1.10 bits per heavy atom. The fourth-order valence-corrected chi connectivity index (χ4v) is 9.00. The zero-order valence-electron chi connectivity index (χ0n) is 21.9. The van der Waals surface area contributed by atoms with Crippen LogP contribution < -0.4 is 11.1 Å². The molecule has 0 atom stereocenters. The molecule has 208 valence electrons. The lowest BCUT2D eigenvalue weighted by Crippen LogP contribution is -2.41. The smallest absolute Gasteiger partial charge is 0.254 e. The summed E-state index contributed by atoms with van der Waals surface area (Å²) in [5.41, 5.74) is 7.65. The maximum Gasteiger partial charge on any atom is 0.254 e. The number of rotatable bonds is 10. The lowest BCUT2D eigenvalue weighted by atomic mass is 9.78. The van der Waals surface area contributed by atoms with E-state index >= 15 is 0 Å². The van der Waals surface area contributed by atoms with Crippen molar-refractivity contribution in [3.63, 3.8) is 0 Å². The number of nitrogens with two attached hydrogens (primary N) is 1. The molecule has 1 aliphatic carbocycles. The number of anilines is 2. The van der Waals surface area contributed by atoms with E-state index in [1.54, 1.807) is 18.3 Å². The normalized spacial score (nSPS) is 22.1. The van der Waals surface area contributed by atoms with Crippen LogP contribution in [0.2, 0.25) is 0 Å². The van der Waals surface area contributed by atoms with E-state index in [9.17, 15) is 13.2 Å². The van der Waals surface area contributed by atoms with Gasteiger partial charge in [0.25, 0.3) is 5.91 Å². The monoisotopic (exact) mass is 586 g/mol. The molecular formula is C28H34N4O4S3. The third-order valence-corrected chi connectivity index (χ3v) is 11.6. The minimum atomic E-state index is -3.30. The van der Waals surface area contributed by atoms with Crippen molar-refractivity contribution in [1.82, 2.24) is 9.78 Å². The third kappa shape index (κ3) is 6.82. The highest BCUT2D eigenvalue weighted by molar-refractivity contribution is 8.20. The molecular weight excluding hydrogens is 553 g/mol. The molecule has 39 heavy (non-hydrogen) atoms. The Bertz CT molecular complexity index is 1380. The first-order valence-electron chi connectivity index (χ1n) is 13.1. The van der Waals surface area contributed by atoms with E-state index in [1.807, 2.05) is 46.4 Å². The van der Waals surface area contributed by atoms with Crippen molar-refractivity contribution in [2.24, 2.45) is 5.73 Å². The molecule has 0 spiro atoms. The van der Waals surface area contributed by atoms with Gasteiger partial charge in [0.2, 0.25) is 0 Å². The number of hydrogen-bond acceptors (Lipinski definition) is 8. The van der Waals surface area contributed by atoms with Crippen LogP contribution in [0.5, 0.6) is 0 Å². The highest BCUT2D eigenvalue weighted by Gasteiger charge is 2.41. The first kappa shape index (κ1) is 28.1. The number of ether oxygens (including phenoxy) is 1. The Kier molecular flexibility index (Phi) is 8.60. The maximum absolute atomic E-state index is 12.4. The van der Waals surface area contributed by atoms with Crippen LogP contribution >= 0.6 is 23.5 Å². The molecule has 2 aliphatic rings. The van der Waals surface area contributed by atoms with Crippen LogP contribution in [0.15, 0.2) is 65.7 Å². The summed E-state index contributed by atoms with van der Waals surface area (Å²) in [5.74, 6) is 2.12. The van der Waals surface area contributed by atoms with E-state index in [-0.39, 0.29) is 16.5 Å². The van der Waals surface area contributed by atoms with Crippen LogP contribution in [0.1, 0.15) is 48.0 Å². The second-order valence-electron chi connectivity index (χ2n) is 10.2. The first-order valence-corrected chi connectivity index (χ1v) is 17.1. The van der Waals surface area contributed by atoms with Crippen LogP contribution in [0.3, 0.4) is 0 Å². The predicted molar refractivity (Wildman–Crippen MR) is 158 cm³/mol. The number of sulfone groups is 1. The van der Waals surface area contributed by atoms with Gasteiger partial charge in [-0.3, -0.25) is 9.48 Å². The Morgan fingerprint density at radius 3 is 2.38 bits per heavy atom. The summed E-state index contributed by atoms with van der Waals surface area (Å²) in [4.78, 5) is 12.7. The molecule has 1 saturated heterocycles. The van der Waals surface area contributed by atoms with E-state index < -0.39 is 15.7 Å². The van der Waals surface area contributed by atoms with Crippen LogP contribution in [0.4, 0.5) is 11.5 Å². The summed E-state index contributed by atoms with van der Waals surface area (Å²) in [6.45, 7) is 0.604. The number of benzene rings is 2. The number of nitrogens with one attached hydrogen (secondary N) is 1. The van der Waals surface area contributed by atoms with E-state index in [1.165, 1.54) is 24.0 Å². The molecule has 2 fully saturated rings. The topological polar surface area (TPSA) is 116 Å². The standard InChI is InChI=1S/C28H34N4O4S3/c1-39(34,35)23-9-7-21(8-10-23)30-27-24(26(29)33)18-32(31-27)28(17-25-37-15-16-38-25)13-11-22(12-14-28)36-19-20-5-3-2-4-6-20/h2-10,18,22,25H,11-17,19H2,1H3,(H2,29,33)(H,30,31). The van der Waals surface area contributed by atoms with Gasteiger partial charge in [0, 0.05) is 29.6 Å². The fraction of sp³-hybridized carbons (Fsp3) is 0.429. The van der Waals surface area contributed by atoms with Gasteiger partial charge in [0.1, 0.15) is 5.56 Å². The number of carbonyl (C=O) groups excluding carboxylic acids is 1. The zero-order valence-corrected chi connectivity index (χ0v) is 24.4. The SMILES string of the molecule is CS(=O)(=O)c1ccc(Nc2nn(C3(CC4SCCS4)CCC(OCc4ccccc4)CC3)cc2C(N)=O)cc1. The molecule has 3 N–H and O–H groups in total. The summed E-state index contributed by atoms with van der Waals surface area (Å²) >= 11 is 3.99. The van der Waals surface area contributed by atoms with Crippen molar-refractivity contribution in [3.05, 3.63) is 71.9 Å². The molecule has 0 radical (unpaired) electrons. The molecule has 1 aromatic heterocycles. The fourth-order valence-electron chi connectivity index (χ4n) is 5.26. The summed E-state index contributed by atoms with van der Waals surface area (Å²) in [7, 11) is -3.30. The van der Waals surface area contributed by atoms with E-state index in [4.69, 9.17) is 15.6 Å². The van der Waals surface area contributed by atoms with Gasteiger partial charge in [-0.15, -0.1) is 23.5 Å². The number of nitrogens with zero attached hydrogens (tertiary/aromatic N) is 2. The van der Waals surface area contributed by atoms with Gasteiger partial charge in [0.15, 0.2) is 15.7 Å².